The number of Topliss-reactive ketones (excluding diaryl/α,β-unsaturated/α-hetero) is 1. The van der Waals surface area contributed by atoms with Gasteiger partial charge in [-0.25, -0.2) is 0 Å². The Kier molecular flexibility index (Phi) is 4.87. The van der Waals surface area contributed by atoms with Gasteiger partial charge in [0, 0.05) is 36.7 Å². The minimum atomic E-state index is 0.210. The van der Waals surface area contributed by atoms with E-state index in [1.54, 1.807) is 6.26 Å². The van der Waals surface area contributed by atoms with Crippen LogP contribution in [0.5, 0.6) is 5.75 Å². The Bertz CT molecular complexity index is 999. The Morgan fingerprint density at radius 2 is 2.14 bits per heavy atom. The molecular weight excluding hydrogens is 370 g/mol. The maximum Gasteiger partial charge on any atom is 0.164 e. The fourth-order valence-corrected chi connectivity index (χ4v) is 5.03. The third-order valence-corrected chi connectivity index (χ3v) is 6.77. The quantitative estimate of drug-likeness (QED) is 0.572. The van der Waals surface area contributed by atoms with Crippen molar-refractivity contribution in [1.82, 2.24) is 4.90 Å². The third kappa shape index (κ3) is 3.56. The summed E-state index contributed by atoms with van der Waals surface area (Å²) in [6.45, 7) is 3.61. The van der Waals surface area contributed by atoms with E-state index in [4.69, 9.17) is 9.15 Å². The van der Waals surface area contributed by atoms with Crippen molar-refractivity contribution >= 4 is 28.3 Å². The molecule has 5 rings (SSSR count). The van der Waals surface area contributed by atoms with Gasteiger partial charge in [-0.2, -0.15) is 0 Å². The van der Waals surface area contributed by atoms with E-state index in [1.165, 1.54) is 10.5 Å². The van der Waals surface area contributed by atoms with Gasteiger partial charge < -0.3 is 14.1 Å². The standard InChI is InChI=1S/C23H23NO3S/c25-21(4-7-24-6-3-18(14-24)19-5-8-26-15-19)17-2-1-16-13-23-22(12-20(16)11-17)27-9-10-28-23/h1-2,5,8,11-13,15,18H,3-4,6-7,9-10,14H2. The lowest BCUT2D eigenvalue weighted by molar-refractivity contribution is 0.0968. The Labute approximate surface area is 168 Å². The van der Waals surface area contributed by atoms with Crippen molar-refractivity contribution in [3.63, 3.8) is 0 Å². The SMILES string of the molecule is O=C(CCN1CCC(c2ccoc2)C1)c1ccc2cc3c(cc2c1)OCCS3. The van der Waals surface area contributed by atoms with Crippen LogP contribution < -0.4 is 4.74 Å². The van der Waals surface area contributed by atoms with Gasteiger partial charge in [-0.3, -0.25) is 4.79 Å². The zero-order valence-corrected chi connectivity index (χ0v) is 16.5. The summed E-state index contributed by atoms with van der Waals surface area (Å²) in [5.41, 5.74) is 2.06. The first-order valence-electron chi connectivity index (χ1n) is 9.87. The number of fused-ring (bicyclic) bond motifs is 2. The molecule has 28 heavy (non-hydrogen) atoms. The van der Waals surface area contributed by atoms with E-state index in [9.17, 15) is 4.79 Å². The molecule has 4 nitrogen and oxygen atoms in total. The van der Waals surface area contributed by atoms with E-state index in [0.717, 1.165) is 60.5 Å². The molecule has 3 heterocycles. The van der Waals surface area contributed by atoms with Crippen LogP contribution in [0.3, 0.4) is 0 Å². The Balaban J connectivity index is 1.24. The summed E-state index contributed by atoms with van der Waals surface area (Å²) < 4.78 is 11.0. The molecule has 2 aliphatic rings. The van der Waals surface area contributed by atoms with E-state index in [-0.39, 0.29) is 5.78 Å². The van der Waals surface area contributed by atoms with Gasteiger partial charge in [-0.05, 0) is 53.6 Å². The lowest BCUT2D eigenvalue weighted by Gasteiger charge is -2.18. The van der Waals surface area contributed by atoms with Crippen molar-refractivity contribution in [3.8, 4) is 5.75 Å². The first kappa shape index (κ1) is 17.8. The van der Waals surface area contributed by atoms with Crippen LogP contribution in [0.25, 0.3) is 10.8 Å². The zero-order chi connectivity index (χ0) is 18.9. The summed E-state index contributed by atoms with van der Waals surface area (Å²) in [5.74, 6) is 2.67. The minimum absolute atomic E-state index is 0.210. The summed E-state index contributed by atoms with van der Waals surface area (Å²) in [5, 5.41) is 2.24. The number of ether oxygens (including phenoxy) is 1. The topological polar surface area (TPSA) is 42.7 Å². The summed E-state index contributed by atoms with van der Waals surface area (Å²) in [7, 11) is 0. The average Bonchev–Trinajstić information content (AvgIpc) is 3.41. The van der Waals surface area contributed by atoms with Gasteiger partial charge in [0.15, 0.2) is 5.78 Å². The van der Waals surface area contributed by atoms with Crippen molar-refractivity contribution in [3.05, 3.63) is 60.1 Å². The van der Waals surface area contributed by atoms with Crippen LogP contribution >= 0.6 is 11.8 Å². The van der Waals surface area contributed by atoms with Gasteiger partial charge in [0.25, 0.3) is 0 Å². The molecule has 144 valence electrons. The Hall–Kier alpha value is -2.24. The van der Waals surface area contributed by atoms with Crippen molar-refractivity contribution in [2.75, 3.05) is 32.0 Å². The van der Waals surface area contributed by atoms with Crippen molar-refractivity contribution in [2.24, 2.45) is 0 Å². The number of furan rings is 1. The van der Waals surface area contributed by atoms with Crippen molar-refractivity contribution < 1.29 is 13.9 Å². The number of benzene rings is 2. The monoisotopic (exact) mass is 393 g/mol. The number of likely N-dealkylation sites (tertiary alicyclic amines) is 1. The molecule has 1 unspecified atom stereocenters. The molecule has 1 atom stereocenters. The van der Waals surface area contributed by atoms with Gasteiger partial charge >= 0.3 is 0 Å². The van der Waals surface area contributed by atoms with Gasteiger partial charge in [0.1, 0.15) is 5.75 Å². The molecule has 0 amide bonds. The Morgan fingerprint density at radius 3 is 3.04 bits per heavy atom. The molecule has 0 saturated carbocycles. The molecule has 0 aliphatic carbocycles. The number of thioether (sulfide) groups is 1. The van der Waals surface area contributed by atoms with Gasteiger partial charge in [-0.15, -0.1) is 11.8 Å². The molecule has 2 aromatic carbocycles. The van der Waals surface area contributed by atoms with Crippen LogP contribution in [0, 0.1) is 0 Å². The lowest BCUT2D eigenvalue weighted by Crippen LogP contribution is -2.23. The molecule has 5 heteroatoms. The van der Waals surface area contributed by atoms with Crippen LogP contribution in [0.4, 0.5) is 0 Å². The summed E-state index contributed by atoms with van der Waals surface area (Å²) in [6, 6.07) is 12.3. The van der Waals surface area contributed by atoms with Crippen molar-refractivity contribution in [1.29, 1.82) is 0 Å². The number of hydrogen-bond donors (Lipinski definition) is 0. The van der Waals surface area contributed by atoms with Gasteiger partial charge in [-0.1, -0.05) is 12.1 Å². The first-order chi connectivity index (χ1) is 13.8. The molecular formula is C23H23NO3S. The molecule has 0 radical (unpaired) electrons. The highest BCUT2D eigenvalue weighted by Crippen LogP contribution is 2.37. The highest BCUT2D eigenvalue weighted by Gasteiger charge is 2.24. The average molecular weight is 394 g/mol. The van der Waals surface area contributed by atoms with E-state index < -0.39 is 0 Å². The minimum Gasteiger partial charge on any atom is -0.492 e. The fraction of sp³-hybridized carbons (Fsp3) is 0.348. The van der Waals surface area contributed by atoms with E-state index >= 15 is 0 Å². The number of hydrogen-bond acceptors (Lipinski definition) is 5. The predicted octanol–water partition coefficient (Wildman–Crippen LogP) is 4.98. The Morgan fingerprint density at radius 1 is 1.18 bits per heavy atom. The van der Waals surface area contributed by atoms with Crippen molar-refractivity contribution in [2.45, 2.75) is 23.7 Å². The largest absolute Gasteiger partial charge is 0.492 e. The smallest absolute Gasteiger partial charge is 0.164 e. The number of carbonyl (C=O) groups excluding carboxylic acids is 1. The van der Waals surface area contributed by atoms with Gasteiger partial charge in [0.05, 0.1) is 24.0 Å². The molecule has 1 fully saturated rings. The van der Waals surface area contributed by atoms with Crippen LogP contribution in [0.2, 0.25) is 0 Å². The van der Waals surface area contributed by atoms with E-state index in [2.05, 4.69) is 29.2 Å². The number of nitrogens with zero attached hydrogens (tertiary/aromatic N) is 1. The molecule has 0 N–H and O–H groups in total. The predicted molar refractivity (Wildman–Crippen MR) is 112 cm³/mol. The van der Waals surface area contributed by atoms with Crippen LogP contribution in [-0.4, -0.2) is 42.7 Å². The molecule has 1 saturated heterocycles. The maximum atomic E-state index is 12.8. The highest BCUT2D eigenvalue weighted by atomic mass is 32.2. The third-order valence-electron chi connectivity index (χ3n) is 5.77. The fourth-order valence-electron chi connectivity index (χ4n) is 4.18. The summed E-state index contributed by atoms with van der Waals surface area (Å²) in [6.07, 6.45) is 5.27. The zero-order valence-electron chi connectivity index (χ0n) is 15.7. The summed E-state index contributed by atoms with van der Waals surface area (Å²) >= 11 is 1.83. The second-order valence-corrected chi connectivity index (χ2v) is 8.71. The van der Waals surface area contributed by atoms with E-state index in [0.29, 0.717) is 12.3 Å². The maximum absolute atomic E-state index is 12.8. The second-order valence-electron chi connectivity index (χ2n) is 7.57. The first-order valence-corrected chi connectivity index (χ1v) is 10.9. The molecule has 0 spiro atoms. The molecule has 2 aliphatic heterocycles. The second kappa shape index (κ2) is 7.64. The van der Waals surface area contributed by atoms with E-state index in [1.807, 2.05) is 30.2 Å². The number of ketones is 1. The lowest BCUT2D eigenvalue weighted by atomic mass is 10.0. The van der Waals surface area contributed by atoms with Crippen LogP contribution in [0.1, 0.15) is 34.7 Å². The molecule has 0 bridgehead atoms. The van der Waals surface area contributed by atoms with Gasteiger partial charge in [0.2, 0.25) is 0 Å². The normalized spacial score (nSPS) is 19.5. The summed E-state index contributed by atoms with van der Waals surface area (Å²) in [4.78, 5) is 16.3. The number of rotatable bonds is 5. The number of carbonyl (C=O) groups is 1. The molecule has 1 aromatic heterocycles. The molecule has 3 aromatic rings. The van der Waals surface area contributed by atoms with Crippen LogP contribution in [-0.2, 0) is 0 Å². The van der Waals surface area contributed by atoms with Crippen LogP contribution in [0.15, 0.2) is 58.2 Å². The highest BCUT2D eigenvalue weighted by molar-refractivity contribution is 7.99.